The molecule has 4 aromatic rings. The minimum atomic E-state index is -0.765. The maximum Gasteiger partial charge on any atom is 0.184 e. The Morgan fingerprint density at radius 1 is 0.792 bits per heavy atom. The van der Waals surface area contributed by atoms with Crippen molar-refractivity contribution in [1.29, 1.82) is 0 Å². The first-order valence-electron chi connectivity index (χ1n) is 16.0. The van der Waals surface area contributed by atoms with Crippen LogP contribution >= 0.6 is 11.8 Å². The third kappa shape index (κ3) is 7.65. The molecule has 0 amide bonds. The molecule has 8 nitrogen and oxygen atoms in total. The predicted molar refractivity (Wildman–Crippen MR) is 181 cm³/mol. The van der Waals surface area contributed by atoms with Crippen molar-refractivity contribution in [3.8, 4) is 11.5 Å². The highest BCUT2D eigenvalue weighted by Crippen LogP contribution is 2.34. The molecule has 0 bridgehead atoms. The molecule has 1 aromatic heterocycles. The van der Waals surface area contributed by atoms with Crippen molar-refractivity contribution in [2.45, 2.75) is 50.0 Å². The quantitative estimate of drug-likeness (QED) is 0.136. The van der Waals surface area contributed by atoms with Gasteiger partial charge in [-0.05, 0) is 72.5 Å². The minimum Gasteiger partial charge on any atom is -0.493 e. The number of pyridine rings is 1. The van der Waals surface area contributed by atoms with Crippen molar-refractivity contribution < 1.29 is 33.0 Å². The first kappa shape index (κ1) is 33.1. The maximum atomic E-state index is 14.8. The van der Waals surface area contributed by atoms with Crippen molar-refractivity contribution in [1.82, 2.24) is 4.98 Å². The number of fused-ring (bicyclic) bond motifs is 2. The number of anilines is 1. The molecule has 0 atom stereocenters. The summed E-state index contributed by atoms with van der Waals surface area (Å²) in [4.78, 5) is 59.1. The van der Waals surface area contributed by atoms with Gasteiger partial charge in [-0.2, -0.15) is 0 Å². The number of nitrogens with zero attached hydrogens (tertiary/aromatic N) is 2. The van der Waals surface area contributed by atoms with Gasteiger partial charge in [0.15, 0.2) is 29.0 Å². The number of ketones is 4. The van der Waals surface area contributed by atoms with Crippen molar-refractivity contribution >= 4 is 40.7 Å². The van der Waals surface area contributed by atoms with Gasteiger partial charge < -0.3 is 14.4 Å². The highest BCUT2D eigenvalue weighted by Gasteiger charge is 2.21. The van der Waals surface area contributed by atoms with Crippen LogP contribution in [0.1, 0.15) is 84.8 Å². The predicted octanol–water partition coefficient (Wildman–Crippen LogP) is 7.36. The molecular formula is C38H35FN2O6S. The second-order valence-electron chi connectivity index (χ2n) is 11.8. The van der Waals surface area contributed by atoms with Gasteiger partial charge in [0.2, 0.25) is 0 Å². The van der Waals surface area contributed by atoms with Gasteiger partial charge in [0, 0.05) is 61.7 Å². The molecule has 6 rings (SSSR count). The lowest BCUT2D eigenvalue weighted by atomic mass is 9.96. The van der Waals surface area contributed by atoms with Crippen molar-refractivity contribution in [2.24, 2.45) is 0 Å². The van der Waals surface area contributed by atoms with E-state index >= 15 is 0 Å². The molecule has 2 aliphatic rings. The summed E-state index contributed by atoms with van der Waals surface area (Å²) in [6, 6.07) is 20.4. The molecule has 0 radical (unpaired) electrons. The fourth-order valence-corrected chi connectivity index (χ4v) is 6.72. The Morgan fingerprint density at radius 3 is 2.29 bits per heavy atom. The summed E-state index contributed by atoms with van der Waals surface area (Å²) < 4.78 is 26.0. The number of benzene rings is 3. The highest BCUT2D eigenvalue weighted by molar-refractivity contribution is 7.99. The molecule has 0 fully saturated rings. The molecule has 3 heterocycles. The molecule has 246 valence electrons. The zero-order valence-corrected chi connectivity index (χ0v) is 27.4. The lowest BCUT2D eigenvalue weighted by molar-refractivity contribution is 0.0912. The molecule has 0 aliphatic carbocycles. The Hall–Kier alpha value is -4.83. The number of thioether (sulfide) groups is 1. The summed E-state index contributed by atoms with van der Waals surface area (Å²) in [5, 5.41) is 0. The van der Waals surface area contributed by atoms with E-state index in [0.717, 1.165) is 40.6 Å². The standard InChI is InChI=1S/C38H35FN2O6S/c1-41(23-27-5-2-3-7-28(27)32(44)13-11-30(42)24-8-15-34-26(21-24)6-4-18-46-34)37-17-10-29(39)38(40-37)33(45)14-12-31(43)25-9-16-35-36(22-25)48-20-19-47-35/h2-3,5,7-10,15-17,21-22H,4,6,11-14,18-20,23H2,1H3. The fourth-order valence-electron chi connectivity index (χ4n) is 5.85. The summed E-state index contributed by atoms with van der Waals surface area (Å²) in [5.41, 5.74) is 2.93. The second kappa shape index (κ2) is 14.9. The van der Waals surface area contributed by atoms with Gasteiger partial charge in [0.1, 0.15) is 23.0 Å². The molecule has 0 saturated carbocycles. The van der Waals surface area contributed by atoms with E-state index in [-0.39, 0.29) is 55.3 Å². The van der Waals surface area contributed by atoms with Crippen LogP contribution in [0, 0.1) is 5.82 Å². The largest absolute Gasteiger partial charge is 0.493 e. The van der Waals surface area contributed by atoms with E-state index < -0.39 is 11.6 Å². The average Bonchev–Trinajstić information content (AvgIpc) is 3.12. The summed E-state index contributed by atoms with van der Waals surface area (Å²) >= 11 is 1.61. The average molecular weight is 667 g/mol. The van der Waals surface area contributed by atoms with Gasteiger partial charge in [-0.1, -0.05) is 24.3 Å². The zero-order valence-electron chi connectivity index (χ0n) is 26.6. The van der Waals surface area contributed by atoms with Gasteiger partial charge in [-0.15, -0.1) is 11.8 Å². The first-order valence-corrected chi connectivity index (χ1v) is 17.0. The Morgan fingerprint density at radius 2 is 1.48 bits per heavy atom. The van der Waals surface area contributed by atoms with E-state index in [2.05, 4.69) is 4.98 Å². The van der Waals surface area contributed by atoms with Gasteiger partial charge >= 0.3 is 0 Å². The number of carbonyl (C=O) groups excluding carboxylic acids is 4. The van der Waals surface area contributed by atoms with Crippen LogP contribution in [0.3, 0.4) is 0 Å². The first-order chi connectivity index (χ1) is 23.3. The highest BCUT2D eigenvalue weighted by atomic mass is 32.2. The number of hydrogen-bond acceptors (Lipinski definition) is 9. The molecular weight excluding hydrogens is 631 g/mol. The Bertz CT molecular complexity index is 1890. The van der Waals surface area contributed by atoms with Crippen LogP contribution in [-0.2, 0) is 13.0 Å². The van der Waals surface area contributed by atoms with Crippen LogP contribution in [0.25, 0.3) is 0 Å². The Labute approximate surface area is 282 Å². The van der Waals surface area contributed by atoms with Crippen LogP contribution in [0.2, 0.25) is 0 Å². The van der Waals surface area contributed by atoms with Crippen LogP contribution in [-0.4, -0.2) is 54.1 Å². The summed E-state index contributed by atoms with van der Waals surface area (Å²) in [6.45, 7) is 1.55. The topological polar surface area (TPSA) is 103 Å². The third-order valence-electron chi connectivity index (χ3n) is 8.46. The lowest BCUT2D eigenvalue weighted by Gasteiger charge is -2.20. The maximum absolute atomic E-state index is 14.8. The lowest BCUT2D eigenvalue weighted by Crippen LogP contribution is -2.21. The van der Waals surface area contributed by atoms with Gasteiger partial charge in [-0.3, -0.25) is 19.2 Å². The van der Waals surface area contributed by atoms with Crippen LogP contribution < -0.4 is 14.4 Å². The normalized spacial score (nSPS) is 13.4. The molecule has 0 spiro atoms. The van der Waals surface area contributed by atoms with Gasteiger partial charge in [0.25, 0.3) is 0 Å². The van der Waals surface area contributed by atoms with Crippen LogP contribution in [0.15, 0.2) is 77.7 Å². The SMILES string of the molecule is CN(Cc1ccccc1C(=O)CCC(=O)c1ccc2c(c1)CCCO2)c1ccc(F)c(C(=O)CCC(=O)c2ccc3c(c2)SCCO3)n1. The Kier molecular flexibility index (Phi) is 10.3. The summed E-state index contributed by atoms with van der Waals surface area (Å²) in [5.74, 6) is 0.878. The number of hydrogen-bond donors (Lipinski definition) is 0. The molecule has 0 N–H and O–H groups in total. The molecule has 0 unspecified atom stereocenters. The Balaban J connectivity index is 1.07. The minimum absolute atomic E-state index is 0.0530. The van der Waals surface area contributed by atoms with E-state index in [4.69, 9.17) is 9.47 Å². The second-order valence-corrected chi connectivity index (χ2v) is 13.0. The number of halogens is 1. The van der Waals surface area contributed by atoms with E-state index in [1.165, 1.54) is 12.1 Å². The smallest absolute Gasteiger partial charge is 0.184 e. The number of aryl methyl sites for hydroxylation is 1. The molecule has 0 saturated heterocycles. The number of Topliss-reactive ketones (excluding diaryl/α,β-unsaturated/α-hetero) is 4. The van der Waals surface area contributed by atoms with Crippen LogP contribution in [0.4, 0.5) is 10.2 Å². The zero-order chi connectivity index (χ0) is 33.6. The number of rotatable bonds is 13. The van der Waals surface area contributed by atoms with Crippen LogP contribution in [0.5, 0.6) is 11.5 Å². The third-order valence-corrected chi connectivity index (χ3v) is 9.47. The number of aromatic nitrogens is 1. The van der Waals surface area contributed by atoms with Gasteiger partial charge in [-0.25, -0.2) is 9.37 Å². The monoisotopic (exact) mass is 666 g/mol. The van der Waals surface area contributed by atoms with E-state index in [1.807, 2.05) is 24.3 Å². The molecule has 10 heteroatoms. The summed E-state index contributed by atoms with van der Waals surface area (Å²) in [7, 11) is 1.74. The van der Waals surface area contributed by atoms with Crippen molar-refractivity contribution in [2.75, 3.05) is 30.9 Å². The van der Waals surface area contributed by atoms with Gasteiger partial charge in [0.05, 0.1) is 18.1 Å². The molecule has 48 heavy (non-hydrogen) atoms. The number of carbonyl (C=O) groups is 4. The molecule has 2 aliphatic heterocycles. The fraction of sp³-hybridized carbons (Fsp3) is 0.289. The van der Waals surface area contributed by atoms with E-state index in [0.29, 0.717) is 41.3 Å². The molecule has 3 aromatic carbocycles. The van der Waals surface area contributed by atoms with E-state index in [9.17, 15) is 23.6 Å². The van der Waals surface area contributed by atoms with Crippen molar-refractivity contribution in [3.05, 3.63) is 112 Å². The van der Waals surface area contributed by atoms with Crippen molar-refractivity contribution in [3.63, 3.8) is 0 Å². The summed E-state index contributed by atoms with van der Waals surface area (Å²) in [6.07, 6.45) is 1.63. The van der Waals surface area contributed by atoms with E-state index in [1.54, 1.807) is 60.1 Å². The number of ether oxygens (including phenoxy) is 2.